The summed E-state index contributed by atoms with van der Waals surface area (Å²) in [5.74, 6) is 0.404. The lowest BCUT2D eigenvalue weighted by Crippen LogP contribution is -2.13. The molecule has 70 valence electrons. The van der Waals surface area contributed by atoms with Crippen LogP contribution in [0.25, 0.3) is 0 Å². The molecule has 3 nitrogen and oxygen atoms in total. The first kappa shape index (κ1) is 9.52. The molecule has 1 saturated carbocycles. The van der Waals surface area contributed by atoms with E-state index in [0.29, 0.717) is 12.5 Å². The van der Waals surface area contributed by atoms with E-state index in [0.717, 1.165) is 6.42 Å². The molecule has 1 fully saturated rings. The van der Waals surface area contributed by atoms with Gasteiger partial charge in [-0.3, -0.25) is 4.79 Å². The number of carbonyl (C=O) groups excluding carboxylic acids is 1. The summed E-state index contributed by atoms with van der Waals surface area (Å²) in [4.78, 5) is 11.1. The molecule has 0 aromatic heterocycles. The van der Waals surface area contributed by atoms with Gasteiger partial charge in [0.25, 0.3) is 0 Å². The second-order valence-electron chi connectivity index (χ2n) is 3.81. The van der Waals surface area contributed by atoms with Gasteiger partial charge in [-0.15, -0.1) is 0 Å². The lowest BCUT2D eigenvalue weighted by molar-refractivity contribution is -0.146. The summed E-state index contributed by atoms with van der Waals surface area (Å²) >= 11 is 0. The normalized spacial score (nSPS) is 27.3. The largest absolute Gasteiger partial charge is 0.465 e. The SMILES string of the molecule is CC(C)COC(=O)C1CC1CO. The van der Waals surface area contributed by atoms with Crippen LogP contribution in [0.3, 0.4) is 0 Å². The smallest absolute Gasteiger partial charge is 0.309 e. The number of carbonyl (C=O) groups is 1. The number of hydrogen-bond donors (Lipinski definition) is 1. The van der Waals surface area contributed by atoms with Gasteiger partial charge in [-0.2, -0.15) is 0 Å². The zero-order chi connectivity index (χ0) is 9.14. The molecule has 2 unspecified atom stereocenters. The average Bonchev–Trinajstić information content (AvgIpc) is 2.78. The maximum Gasteiger partial charge on any atom is 0.309 e. The Hall–Kier alpha value is -0.570. The van der Waals surface area contributed by atoms with Gasteiger partial charge in [-0.25, -0.2) is 0 Å². The Morgan fingerprint density at radius 1 is 1.67 bits per heavy atom. The van der Waals surface area contributed by atoms with Crippen molar-refractivity contribution in [2.24, 2.45) is 17.8 Å². The van der Waals surface area contributed by atoms with Crippen molar-refractivity contribution in [1.29, 1.82) is 0 Å². The van der Waals surface area contributed by atoms with Crippen LogP contribution in [0.4, 0.5) is 0 Å². The van der Waals surface area contributed by atoms with Crippen molar-refractivity contribution >= 4 is 5.97 Å². The number of ether oxygens (including phenoxy) is 1. The summed E-state index contributed by atoms with van der Waals surface area (Å²) in [6, 6.07) is 0. The quantitative estimate of drug-likeness (QED) is 0.638. The predicted molar refractivity (Wildman–Crippen MR) is 44.5 cm³/mol. The number of aliphatic hydroxyl groups excluding tert-OH is 1. The average molecular weight is 172 g/mol. The first-order valence-electron chi connectivity index (χ1n) is 4.42. The van der Waals surface area contributed by atoms with Gasteiger partial charge in [-0.1, -0.05) is 13.8 Å². The molecule has 2 atom stereocenters. The maximum atomic E-state index is 11.1. The standard InChI is InChI=1S/C9H16O3/c1-6(2)5-12-9(11)8-3-7(8)4-10/h6-8,10H,3-5H2,1-2H3. The van der Waals surface area contributed by atoms with E-state index in [9.17, 15) is 4.79 Å². The van der Waals surface area contributed by atoms with E-state index in [4.69, 9.17) is 9.84 Å². The van der Waals surface area contributed by atoms with Crippen LogP contribution in [-0.4, -0.2) is 24.3 Å². The summed E-state index contributed by atoms with van der Waals surface area (Å²) in [7, 11) is 0. The van der Waals surface area contributed by atoms with Crippen molar-refractivity contribution in [3.63, 3.8) is 0 Å². The lowest BCUT2D eigenvalue weighted by atomic mass is 10.2. The molecule has 1 aliphatic rings. The van der Waals surface area contributed by atoms with E-state index in [1.165, 1.54) is 0 Å². The van der Waals surface area contributed by atoms with E-state index in [1.807, 2.05) is 13.8 Å². The van der Waals surface area contributed by atoms with Gasteiger partial charge in [0, 0.05) is 6.61 Å². The van der Waals surface area contributed by atoms with Crippen LogP contribution in [0.15, 0.2) is 0 Å². The van der Waals surface area contributed by atoms with E-state index in [2.05, 4.69) is 0 Å². The second kappa shape index (κ2) is 3.90. The molecule has 0 radical (unpaired) electrons. The van der Waals surface area contributed by atoms with Gasteiger partial charge in [0.2, 0.25) is 0 Å². The van der Waals surface area contributed by atoms with Crippen molar-refractivity contribution in [2.45, 2.75) is 20.3 Å². The Labute approximate surface area is 72.7 Å². The van der Waals surface area contributed by atoms with Crippen molar-refractivity contribution in [3.8, 4) is 0 Å². The van der Waals surface area contributed by atoms with Gasteiger partial charge in [0.15, 0.2) is 0 Å². The minimum atomic E-state index is -0.136. The fraction of sp³-hybridized carbons (Fsp3) is 0.889. The molecule has 0 amide bonds. The first-order chi connectivity index (χ1) is 5.65. The minimum Gasteiger partial charge on any atom is -0.465 e. The molecular weight excluding hydrogens is 156 g/mol. The third-order valence-electron chi connectivity index (χ3n) is 2.02. The third kappa shape index (κ3) is 2.48. The Morgan fingerprint density at radius 3 is 2.75 bits per heavy atom. The molecule has 1 aliphatic carbocycles. The molecule has 0 aromatic rings. The van der Waals surface area contributed by atoms with E-state index in [1.54, 1.807) is 0 Å². The molecule has 0 aliphatic heterocycles. The summed E-state index contributed by atoms with van der Waals surface area (Å²) in [6.45, 7) is 4.61. The highest BCUT2D eigenvalue weighted by molar-refractivity contribution is 5.75. The van der Waals surface area contributed by atoms with Crippen LogP contribution in [0.5, 0.6) is 0 Å². The van der Waals surface area contributed by atoms with Crippen molar-refractivity contribution < 1.29 is 14.6 Å². The van der Waals surface area contributed by atoms with Gasteiger partial charge in [0.1, 0.15) is 0 Å². The number of aliphatic hydroxyl groups is 1. The maximum absolute atomic E-state index is 11.1. The number of hydrogen-bond acceptors (Lipinski definition) is 3. The predicted octanol–water partition coefficient (Wildman–Crippen LogP) is 0.814. The van der Waals surface area contributed by atoms with Crippen LogP contribution in [0.1, 0.15) is 20.3 Å². The van der Waals surface area contributed by atoms with Crippen molar-refractivity contribution in [1.82, 2.24) is 0 Å². The minimum absolute atomic E-state index is 0.0197. The van der Waals surface area contributed by atoms with E-state index >= 15 is 0 Å². The molecular formula is C9H16O3. The Bertz CT molecular complexity index is 165. The van der Waals surface area contributed by atoms with E-state index < -0.39 is 0 Å². The van der Waals surface area contributed by atoms with Crippen LogP contribution < -0.4 is 0 Å². The highest BCUT2D eigenvalue weighted by atomic mass is 16.5. The molecule has 0 aromatic carbocycles. The summed E-state index contributed by atoms with van der Waals surface area (Å²) in [5, 5.41) is 8.69. The molecule has 0 spiro atoms. The van der Waals surface area contributed by atoms with Crippen LogP contribution in [0.2, 0.25) is 0 Å². The molecule has 0 saturated heterocycles. The molecule has 12 heavy (non-hydrogen) atoms. The zero-order valence-corrected chi connectivity index (χ0v) is 7.62. The highest BCUT2D eigenvalue weighted by Gasteiger charge is 2.43. The van der Waals surface area contributed by atoms with Gasteiger partial charge >= 0.3 is 5.97 Å². The summed E-state index contributed by atoms with van der Waals surface area (Å²) in [5.41, 5.74) is 0. The molecule has 1 N–H and O–H groups in total. The van der Waals surface area contributed by atoms with Crippen molar-refractivity contribution in [2.75, 3.05) is 13.2 Å². The molecule has 1 rings (SSSR count). The fourth-order valence-electron chi connectivity index (χ4n) is 1.09. The summed E-state index contributed by atoms with van der Waals surface area (Å²) in [6.07, 6.45) is 0.799. The lowest BCUT2D eigenvalue weighted by Gasteiger charge is -2.05. The van der Waals surface area contributed by atoms with Gasteiger partial charge in [0.05, 0.1) is 12.5 Å². The monoisotopic (exact) mass is 172 g/mol. The molecule has 0 bridgehead atoms. The van der Waals surface area contributed by atoms with Crippen LogP contribution >= 0.6 is 0 Å². The zero-order valence-electron chi connectivity index (χ0n) is 7.62. The van der Waals surface area contributed by atoms with Gasteiger partial charge < -0.3 is 9.84 Å². The fourth-order valence-corrected chi connectivity index (χ4v) is 1.09. The first-order valence-corrected chi connectivity index (χ1v) is 4.42. The number of rotatable bonds is 4. The van der Waals surface area contributed by atoms with Gasteiger partial charge in [-0.05, 0) is 18.3 Å². The Balaban J connectivity index is 2.14. The third-order valence-corrected chi connectivity index (χ3v) is 2.02. The Morgan fingerprint density at radius 2 is 2.33 bits per heavy atom. The number of esters is 1. The van der Waals surface area contributed by atoms with Crippen LogP contribution in [-0.2, 0) is 9.53 Å². The second-order valence-corrected chi connectivity index (χ2v) is 3.81. The molecule has 0 heterocycles. The Kier molecular flexibility index (Phi) is 3.09. The highest BCUT2D eigenvalue weighted by Crippen LogP contribution is 2.38. The summed E-state index contributed by atoms with van der Waals surface area (Å²) < 4.78 is 5.01. The van der Waals surface area contributed by atoms with Crippen molar-refractivity contribution in [3.05, 3.63) is 0 Å². The topological polar surface area (TPSA) is 46.5 Å². The van der Waals surface area contributed by atoms with E-state index in [-0.39, 0.29) is 24.4 Å². The van der Waals surface area contributed by atoms with Crippen LogP contribution in [0, 0.1) is 17.8 Å². The molecule has 3 heteroatoms.